The van der Waals surface area contributed by atoms with Crippen molar-refractivity contribution in [3.63, 3.8) is 0 Å². The lowest BCUT2D eigenvalue weighted by Crippen LogP contribution is -2.14. The van der Waals surface area contributed by atoms with Crippen LogP contribution >= 0.6 is 0 Å². The van der Waals surface area contributed by atoms with E-state index in [9.17, 15) is 0 Å². The van der Waals surface area contributed by atoms with Gasteiger partial charge in [0.05, 0.1) is 22.4 Å². The fourth-order valence-corrected chi connectivity index (χ4v) is 6.50. The van der Waals surface area contributed by atoms with E-state index in [0.717, 1.165) is 61.3 Å². The van der Waals surface area contributed by atoms with Gasteiger partial charge in [-0.25, -0.2) is 9.97 Å². The molecule has 0 fully saturated rings. The van der Waals surface area contributed by atoms with Crippen LogP contribution in [-0.4, -0.2) is 15.0 Å². The normalized spacial score (nSPS) is 11.7. The van der Waals surface area contributed by atoms with Gasteiger partial charge < -0.3 is 0 Å². The molecule has 49 heavy (non-hydrogen) atoms. The van der Waals surface area contributed by atoms with Crippen molar-refractivity contribution in [2.24, 2.45) is 0 Å². The molecule has 3 heterocycles. The standard InChI is InChI=1S/C46H37N3/c1-30-15-16-37-25-26-39-40(29-43(46(2,3)4)49-45(39)44(37)47-30)34-21-17-32(18-22-34)33-19-23-36(24-20-33)42-28-38(31-11-7-5-8-12-31)27-41(48-42)35-13-9-6-10-14-35/h5-29H,1-4H3. The van der Waals surface area contributed by atoms with Gasteiger partial charge in [0.1, 0.15) is 0 Å². The smallest absolute Gasteiger partial charge is 0.0974 e. The van der Waals surface area contributed by atoms with E-state index >= 15 is 0 Å². The maximum Gasteiger partial charge on any atom is 0.0974 e. The highest BCUT2D eigenvalue weighted by Crippen LogP contribution is 2.37. The minimum atomic E-state index is -0.103. The molecule has 0 radical (unpaired) electrons. The molecule has 8 aromatic rings. The Morgan fingerprint density at radius 1 is 0.408 bits per heavy atom. The summed E-state index contributed by atoms with van der Waals surface area (Å²) in [5, 5.41) is 2.23. The van der Waals surface area contributed by atoms with Gasteiger partial charge in [0.15, 0.2) is 0 Å². The molecule has 0 atom stereocenters. The predicted molar refractivity (Wildman–Crippen MR) is 205 cm³/mol. The topological polar surface area (TPSA) is 38.7 Å². The van der Waals surface area contributed by atoms with Gasteiger partial charge in [0, 0.05) is 38.7 Å². The summed E-state index contributed by atoms with van der Waals surface area (Å²) < 4.78 is 0. The Kier molecular flexibility index (Phi) is 7.61. The second-order valence-corrected chi connectivity index (χ2v) is 13.8. The average molecular weight is 632 g/mol. The predicted octanol–water partition coefficient (Wildman–Crippen LogP) is 12.1. The van der Waals surface area contributed by atoms with Crippen molar-refractivity contribution in [3.05, 3.63) is 163 Å². The third-order valence-corrected chi connectivity index (χ3v) is 9.26. The number of hydrogen-bond acceptors (Lipinski definition) is 3. The molecule has 0 saturated heterocycles. The van der Waals surface area contributed by atoms with Gasteiger partial charge in [-0.15, -0.1) is 0 Å². The van der Waals surface area contributed by atoms with Crippen molar-refractivity contribution in [3.8, 4) is 55.9 Å². The van der Waals surface area contributed by atoms with Gasteiger partial charge in [-0.2, -0.15) is 0 Å². The lowest BCUT2D eigenvalue weighted by molar-refractivity contribution is 0.572. The van der Waals surface area contributed by atoms with Crippen LogP contribution in [0.4, 0.5) is 0 Å². The summed E-state index contributed by atoms with van der Waals surface area (Å²) >= 11 is 0. The van der Waals surface area contributed by atoms with Crippen LogP contribution in [0.25, 0.3) is 77.7 Å². The molecule has 5 aromatic carbocycles. The molecule has 236 valence electrons. The summed E-state index contributed by atoms with van der Waals surface area (Å²) in [7, 11) is 0. The zero-order valence-corrected chi connectivity index (χ0v) is 28.3. The van der Waals surface area contributed by atoms with E-state index in [1.165, 1.54) is 27.8 Å². The Balaban J connectivity index is 1.15. The number of aromatic nitrogens is 3. The third-order valence-electron chi connectivity index (χ3n) is 9.26. The van der Waals surface area contributed by atoms with E-state index in [2.05, 4.69) is 166 Å². The van der Waals surface area contributed by atoms with Crippen LogP contribution in [0.2, 0.25) is 0 Å². The van der Waals surface area contributed by atoms with Crippen molar-refractivity contribution in [2.75, 3.05) is 0 Å². The molecule has 3 nitrogen and oxygen atoms in total. The first-order valence-corrected chi connectivity index (χ1v) is 16.9. The maximum atomic E-state index is 5.18. The second kappa shape index (κ2) is 12.3. The molecule has 0 bridgehead atoms. The van der Waals surface area contributed by atoms with Gasteiger partial charge in [-0.1, -0.05) is 148 Å². The van der Waals surface area contributed by atoms with Crippen molar-refractivity contribution < 1.29 is 0 Å². The summed E-state index contributed by atoms with van der Waals surface area (Å²) in [5.41, 5.74) is 15.0. The first-order valence-electron chi connectivity index (χ1n) is 16.9. The van der Waals surface area contributed by atoms with E-state index in [-0.39, 0.29) is 5.41 Å². The Bertz CT molecular complexity index is 2380. The van der Waals surface area contributed by atoms with Gasteiger partial charge >= 0.3 is 0 Å². The molecular formula is C46H37N3. The van der Waals surface area contributed by atoms with Gasteiger partial charge in [-0.3, -0.25) is 4.98 Å². The number of hydrogen-bond donors (Lipinski definition) is 0. The highest BCUT2D eigenvalue weighted by Gasteiger charge is 2.20. The largest absolute Gasteiger partial charge is 0.251 e. The van der Waals surface area contributed by atoms with Crippen molar-refractivity contribution in [1.29, 1.82) is 0 Å². The molecule has 0 spiro atoms. The lowest BCUT2D eigenvalue weighted by Gasteiger charge is -2.21. The summed E-state index contributed by atoms with van der Waals surface area (Å²) in [6, 6.07) is 53.8. The zero-order valence-electron chi connectivity index (χ0n) is 28.3. The molecule has 3 aromatic heterocycles. The Labute approximate surface area is 288 Å². The SMILES string of the molecule is Cc1ccc2ccc3c(-c4ccc(-c5ccc(-c6cc(-c7ccccc7)cc(-c7ccccc7)n6)cc5)cc4)cc(C(C)(C)C)nc3c2n1. The second-order valence-electron chi connectivity index (χ2n) is 13.8. The van der Waals surface area contributed by atoms with Crippen LogP contribution in [0.15, 0.2) is 152 Å². The van der Waals surface area contributed by atoms with Crippen molar-refractivity contribution in [2.45, 2.75) is 33.1 Å². The molecule has 0 aliphatic carbocycles. The number of aryl methyl sites for hydroxylation is 1. The van der Waals surface area contributed by atoms with E-state index < -0.39 is 0 Å². The Hall–Kier alpha value is -5.93. The fourth-order valence-electron chi connectivity index (χ4n) is 6.50. The Morgan fingerprint density at radius 2 is 0.918 bits per heavy atom. The Morgan fingerprint density at radius 3 is 1.53 bits per heavy atom. The highest BCUT2D eigenvalue weighted by atomic mass is 14.8. The lowest BCUT2D eigenvalue weighted by atomic mass is 9.88. The third kappa shape index (κ3) is 6.00. The van der Waals surface area contributed by atoms with Gasteiger partial charge in [-0.05, 0) is 64.6 Å². The summed E-state index contributed by atoms with van der Waals surface area (Å²) in [6.07, 6.45) is 0. The first-order chi connectivity index (χ1) is 23.8. The zero-order chi connectivity index (χ0) is 33.5. The molecule has 0 amide bonds. The number of pyridine rings is 3. The van der Waals surface area contributed by atoms with E-state index in [0.29, 0.717) is 0 Å². The molecule has 0 aliphatic heterocycles. The molecule has 0 saturated carbocycles. The molecular weight excluding hydrogens is 595 g/mol. The number of rotatable bonds is 5. The minimum absolute atomic E-state index is 0.103. The summed E-state index contributed by atoms with van der Waals surface area (Å²) in [5.74, 6) is 0. The van der Waals surface area contributed by atoms with Crippen molar-refractivity contribution >= 4 is 21.8 Å². The molecule has 0 aliphatic rings. The molecule has 8 rings (SSSR count). The van der Waals surface area contributed by atoms with E-state index in [4.69, 9.17) is 15.0 Å². The van der Waals surface area contributed by atoms with Crippen LogP contribution in [0, 0.1) is 6.92 Å². The van der Waals surface area contributed by atoms with Crippen molar-refractivity contribution in [1.82, 2.24) is 15.0 Å². The van der Waals surface area contributed by atoms with E-state index in [1.54, 1.807) is 0 Å². The molecule has 0 N–H and O–H groups in total. The number of fused-ring (bicyclic) bond motifs is 3. The molecule has 3 heteroatoms. The number of nitrogens with zero attached hydrogens (tertiary/aromatic N) is 3. The number of benzene rings is 5. The monoisotopic (exact) mass is 631 g/mol. The van der Waals surface area contributed by atoms with Gasteiger partial charge in [0.2, 0.25) is 0 Å². The van der Waals surface area contributed by atoms with E-state index in [1.807, 2.05) is 13.0 Å². The van der Waals surface area contributed by atoms with Crippen LogP contribution in [0.5, 0.6) is 0 Å². The highest BCUT2D eigenvalue weighted by molar-refractivity contribution is 6.08. The summed E-state index contributed by atoms with van der Waals surface area (Å²) in [4.78, 5) is 15.2. The minimum Gasteiger partial charge on any atom is -0.251 e. The van der Waals surface area contributed by atoms with Crippen LogP contribution < -0.4 is 0 Å². The average Bonchev–Trinajstić information content (AvgIpc) is 3.14. The van der Waals surface area contributed by atoms with Crippen LogP contribution in [-0.2, 0) is 5.41 Å². The van der Waals surface area contributed by atoms with Gasteiger partial charge in [0.25, 0.3) is 0 Å². The van der Waals surface area contributed by atoms with Crippen LogP contribution in [0.3, 0.4) is 0 Å². The maximum absolute atomic E-state index is 5.18. The quantitative estimate of drug-likeness (QED) is 0.177. The molecule has 0 unspecified atom stereocenters. The first kappa shape index (κ1) is 30.4. The van der Waals surface area contributed by atoms with Crippen LogP contribution in [0.1, 0.15) is 32.2 Å². The summed E-state index contributed by atoms with van der Waals surface area (Å²) in [6.45, 7) is 8.70. The fraction of sp³-hybridized carbons (Fsp3) is 0.109.